The molecule has 2 nitrogen and oxygen atoms in total. The summed E-state index contributed by atoms with van der Waals surface area (Å²) in [5, 5.41) is 0. The fraction of sp³-hybridized carbons (Fsp3) is 0.316. The molecule has 0 aromatic heterocycles. The highest BCUT2D eigenvalue weighted by Crippen LogP contribution is 2.37. The first-order chi connectivity index (χ1) is 10.7. The van der Waals surface area contributed by atoms with Gasteiger partial charge in [-0.2, -0.15) is 0 Å². The molecule has 0 aliphatic heterocycles. The monoisotopic (exact) mass is 358 g/mol. The van der Waals surface area contributed by atoms with Crippen molar-refractivity contribution >= 4 is 21.9 Å². The molecule has 2 aromatic rings. The second-order valence-electron chi connectivity index (χ2n) is 5.77. The summed E-state index contributed by atoms with van der Waals surface area (Å²) in [5.74, 6) is 0.931. The van der Waals surface area contributed by atoms with Gasteiger partial charge in [-0.25, -0.2) is 4.79 Å². The SMILES string of the molecule is O=C(Oc1ccccc1C1CCCCC1)c1ccc(Br)cc1. The molecule has 1 aliphatic rings. The quantitative estimate of drug-likeness (QED) is 0.518. The molecule has 0 amide bonds. The van der Waals surface area contributed by atoms with Crippen molar-refractivity contribution in [1.82, 2.24) is 0 Å². The molecule has 3 rings (SSSR count). The number of halogens is 1. The summed E-state index contributed by atoms with van der Waals surface area (Å²) >= 11 is 3.37. The van der Waals surface area contributed by atoms with Crippen LogP contribution in [0, 0.1) is 0 Å². The molecule has 0 N–H and O–H groups in total. The van der Waals surface area contributed by atoms with Gasteiger partial charge in [-0.15, -0.1) is 0 Å². The van der Waals surface area contributed by atoms with Crippen LogP contribution in [0.1, 0.15) is 53.9 Å². The number of benzene rings is 2. The van der Waals surface area contributed by atoms with Crippen molar-refractivity contribution in [1.29, 1.82) is 0 Å². The molecule has 1 fully saturated rings. The highest BCUT2D eigenvalue weighted by Gasteiger charge is 2.20. The summed E-state index contributed by atoms with van der Waals surface area (Å²) < 4.78 is 6.62. The Hall–Kier alpha value is -1.61. The fourth-order valence-electron chi connectivity index (χ4n) is 3.07. The molecular weight excluding hydrogens is 340 g/mol. The van der Waals surface area contributed by atoms with Gasteiger partial charge < -0.3 is 4.74 Å². The summed E-state index contributed by atoms with van der Waals surface area (Å²) in [7, 11) is 0. The lowest BCUT2D eigenvalue weighted by atomic mass is 9.84. The molecule has 0 atom stereocenters. The number of esters is 1. The van der Waals surface area contributed by atoms with Crippen molar-refractivity contribution in [2.45, 2.75) is 38.0 Å². The molecule has 114 valence electrons. The standard InChI is InChI=1S/C19H19BrO2/c20-16-12-10-15(11-13-16)19(21)22-18-9-5-4-8-17(18)14-6-2-1-3-7-14/h4-5,8-14H,1-3,6-7H2. The van der Waals surface area contributed by atoms with Crippen LogP contribution in [-0.4, -0.2) is 5.97 Å². The van der Waals surface area contributed by atoms with Crippen LogP contribution in [0.3, 0.4) is 0 Å². The lowest BCUT2D eigenvalue weighted by molar-refractivity contribution is 0.0732. The first-order valence-corrected chi connectivity index (χ1v) is 8.60. The van der Waals surface area contributed by atoms with Gasteiger partial charge in [0, 0.05) is 4.47 Å². The zero-order valence-corrected chi connectivity index (χ0v) is 14.0. The van der Waals surface area contributed by atoms with E-state index < -0.39 is 0 Å². The Morgan fingerprint density at radius 2 is 1.64 bits per heavy atom. The predicted molar refractivity (Wildman–Crippen MR) is 91.4 cm³/mol. The summed E-state index contributed by atoms with van der Waals surface area (Å²) in [6, 6.07) is 15.2. The number of hydrogen-bond acceptors (Lipinski definition) is 2. The highest BCUT2D eigenvalue weighted by molar-refractivity contribution is 9.10. The topological polar surface area (TPSA) is 26.3 Å². The third kappa shape index (κ3) is 3.58. The van der Waals surface area contributed by atoms with Gasteiger partial charge in [0.05, 0.1) is 5.56 Å². The van der Waals surface area contributed by atoms with Crippen LogP contribution in [-0.2, 0) is 0 Å². The minimum atomic E-state index is -0.296. The van der Waals surface area contributed by atoms with E-state index in [1.165, 1.54) is 37.7 Å². The van der Waals surface area contributed by atoms with E-state index in [2.05, 4.69) is 22.0 Å². The summed E-state index contributed by atoms with van der Waals surface area (Å²) in [4.78, 5) is 12.3. The molecule has 0 bridgehead atoms. The van der Waals surface area contributed by atoms with Crippen LogP contribution in [0.25, 0.3) is 0 Å². The molecule has 2 aromatic carbocycles. The first-order valence-electron chi connectivity index (χ1n) is 7.81. The van der Waals surface area contributed by atoms with Crippen LogP contribution >= 0.6 is 15.9 Å². The minimum absolute atomic E-state index is 0.296. The lowest BCUT2D eigenvalue weighted by Gasteiger charge is -2.23. The molecule has 0 spiro atoms. The lowest BCUT2D eigenvalue weighted by Crippen LogP contribution is -2.12. The van der Waals surface area contributed by atoms with E-state index in [-0.39, 0.29) is 5.97 Å². The maximum atomic E-state index is 12.3. The molecule has 0 unspecified atom stereocenters. The second-order valence-corrected chi connectivity index (χ2v) is 6.68. The molecule has 0 heterocycles. The number of carbonyl (C=O) groups excluding carboxylic acids is 1. The van der Waals surface area contributed by atoms with E-state index >= 15 is 0 Å². The molecule has 0 radical (unpaired) electrons. The molecule has 3 heteroatoms. The molecule has 1 aliphatic carbocycles. The highest BCUT2D eigenvalue weighted by atomic mass is 79.9. The van der Waals surface area contributed by atoms with E-state index in [0.29, 0.717) is 17.2 Å². The van der Waals surface area contributed by atoms with Gasteiger partial charge in [0.15, 0.2) is 0 Å². The average Bonchev–Trinajstić information content (AvgIpc) is 2.57. The van der Waals surface area contributed by atoms with Gasteiger partial charge in [0.25, 0.3) is 0 Å². The molecule has 0 saturated heterocycles. The number of carbonyl (C=O) groups is 1. The van der Waals surface area contributed by atoms with Crippen molar-refractivity contribution in [2.24, 2.45) is 0 Å². The summed E-state index contributed by atoms with van der Waals surface area (Å²) in [5.41, 5.74) is 1.74. The predicted octanol–water partition coefficient (Wildman–Crippen LogP) is 5.72. The van der Waals surface area contributed by atoms with Gasteiger partial charge in [0.1, 0.15) is 5.75 Å². The third-order valence-corrected chi connectivity index (χ3v) is 4.78. The fourth-order valence-corrected chi connectivity index (χ4v) is 3.33. The van der Waals surface area contributed by atoms with Crippen LogP contribution < -0.4 is 4.74 Å². The Labute approximate surface area is 139 Å². The maximum absolute atomic E-state index is 12.3. The zero-order valence-electron chi connectivity index (χ0n) is 12.4. The van der Waals surface area contributed by atoms with Crippen molar-refractivity contribution in [3.05, 3.63) is 64.1 Å². The number of rotatable bonds is 3. The summed E-state index contributed by atoms with van der Waals surface area (Å²) in [6.45, 7) is 0. The average molecular weight is 359 g/mol. The van der Waals surface area contributed by atoms with E-state index in [4.69, 9.17) is 4.74 Å². The Morgan fingerprint density at radius 1 is 0.955 bits per heavy atom. The van der Waals surface area contributed by atoms with Crippen molar-refractivity contribution < 1.29 is 9.53 Å². The molecular formula is C19H19BrO2. The van der Waals surface area contributed by atoms with Crippen LogP contribution in [0.2, 0.25) is 0 Å². The van der Waals surface area contributed by atoms with E-state index in [1.54, 1.807) is 12.1 Å². The van der Waals surface area contributed by atoms with Gasteiger partial charge in [-0.3, -0.25) is 0 Å². The number of para-hydroxylation sites is 1. The normalized spacial score (nSPS) is 15.5. The zero-order chi connectivity index (χ0) is 15.4. The van der Waals surface area contributed by atoms with Gasteiger partial charge in [-0.05, 0) is 54.7 Å². The summed E-state index contributed by atoms with van der Waals surface area (Å²) in [6.07, 6.45) is 6.22. The smallest absolute Gasteiger partial charge is 0.343 e. The minimum Gasteiger partial charge on any atom is -0.423 e. The largest absolute Gasteiger partial charge is 0.423 e. The van der Waals surface area contributed by atoms with Crippen LogP contribution in [0.5, 0.6) is 5.75 Å². The van der Waals surface area contributed by atoms with Crippen molar-refractivity contribution in [3.63, 3.8) is 0 Å². The van der Waals surface area contributed by atoms with Gasteiger partial charge in [-0.1, -0.05) is 53.4 Å². The maximum Gasteiger partial charge on any atom is 0.343 e. The molecule has 1 saturated carbocycles. The van der Waals surface area contributed by atoms with Gasteiger partial charge in [0.2, 0.25) is 0 Å². The Bertz CT molecular complexity index is 643. The van der Waals surface area contributed by atoms with E-state index in [1.807, 2.05) is 30.3 Å². The third-order valence-electron chi connectivity index (χ3n) is 4.25. The first kappa shape index (κ1) is 15.3. The second kappa shape index (κ2) is 7.10. The van der Waals surface area contributed by atoms with E-state index in [9.17, 15) is 4.79 Å². The number of hydrogen-bond donors (Lipinski definition) is 0. The Balaban J connectivity index is 1.79. The van der Waals surface area contributed by atoms with Crippen LogP contribution in [0.15, 0.2) is 53.0 Å². The Kier molecular flexibility index (Phi) is 4.94. The van der Waals surface area contributed by atoms with Crippen molar-refractivity contribution in [3.8, 4) is 5.75 Å². The molecule has 22 heavy (non-hydrogen) atoms. The Morgan fingerprint density at radius 3 is 2.36 bits per heavy atom. The van der Waals surface area contributed by atoms with Crippen molar-refractivity contribution in [2.75, 3.05) is 0 Å². The number of ether oxygens (including phenoxy) is 1. The van der Waals surface area contributed by atoms with Crippen LogP contribution in [0.4, 0.5) is 0 Å². The van der Waals surface area contributed by atoms with E-state index in [0.717, 1.165) is 4.47 Å². The van der Waals surface area contributed by atoms with Gasteiger partial charge >= 0.3 is 5.97 Å².